The van der Waals surface area contributed by atoms with E-state index in [2.05, 4.69) is 39.7 Å². The highest BCUT2D eigenvalue weighted by atomic mass is 127. The number of halogens is 1. The standard InChI is InChI=1S/C8H13IN2O/c1-3-4-5-8(2,6-9)11-7(10)12/h5-6H2,1-2H3,(H3,10,11,12). The monoisotopic (exact) mass is 280 g/mol. The van der Waals surface area contributed by atoms with Crippen molar-refractivity contribution in [2.45, 2.75) is 25.8 Å². The first kappa shape index (κ1) is 11.6. The number of amides is 2. The van der Waals surface area contributed by atoms with Crippen LogP contribution in [0.25, 0.3) is 0 Å². The molecule has 0 saturated carbocycles. The number of nitrogens with two attached hydrogens (primary N) is 1. The van der Waals surface area contributed by atoms with Gasteiger partial charge in [0.15, 0.2) is 0 Å². The predicted molar refractivity (Wildman–Crippen MR) is 58.1 cm³/mol. The predicted octanol–water partition coefficient (Wildman–Crippen LogP) is 1.26. The molecule has 0 aromatic heterocycles. The molecule has 0 spiro atoms. The van der Waals surface area contributed by atoms with E-state index in [4.69, 9.17) is 5.73 Å². The number of nitrogens with one attached hydrogen (secondary N) is 1. The van der Waals surface area contributed by atoms with Gasteiger partial charge in [0.25, 0.3) is 0 Å². The van der Waals surface area contributed by atoms with E-state index in [0.717, 1.165) is 4.43 Å². The third-order valence-corrected chi connectivity index (χ3v) is 3.06. The van der Waals surface area contributed by atoms with Gasteiger partial charge in [-0.05, 0) is 13.8 Å². The van der Waals surface area contributed by atoms with Gasteiger partial charge in [-0.25, -0.2) is 4.79 Å². The maximum atomic E-state index is 10.6. The maximum Gasteiger partial charge on any atom is 0.312 e. The molecule has 1 unspecified atom stereocenters. The van der Waals surface area contributed by atoms with Gasteiger partial charge >= 0.3 is 6.03 Å². The highest BCUT2D eigenvalue weighted by molar-refractivity contribution is 14.1. The number of urea groups is 1. The molecule has 0 aromatic carbocycles. The highest BCUT2D eigenvalue weighted by Gasteiger charge is 2.22. The zero-order valence-corrected chi connectivity index (χ0v) is 9.44. The van der Waals surface area contributed by atoms with Crippen molar-refractivity contribution in [2.75, 3.05) is 4.43 Å². The Bertz CT molecular complexity index is 219. The quantitative estimate of drug-likeness (QED) is 0.456. The molecule has 0 rings (SSSR count). The third kappa shape index (κ3) is 4.44. The molecule has 12 heavy (non-hydrogen) atoms. The summed E-state index contributed by atoms with van der Waals surface area (Å²) in [5, 5.41) is 2.67. The number of alkyl halides is 1. The minimum atomic E-state index is -0.493. The number of hydrogen-bond donors (Lipinski definition) is 2. The molecular weight excluding hydrogens is 267 g/mol. The molecule has 0 aliphatic carbocycles. The van der Waals surface area contributed by atoms with Crippen molar-refractivity contribution in [1.82, 2.24) is 5.32 Å². The Morgan fingerprint density at radius 1 is 1.75 bits per heavy atom. The Hall–Kier alpha value is -0.440. The molecule has 3 nitrogen and oxygen atoms in total. The summed E-state index contributed by atoms with van der Waals surface area (Å²) in [6, 6.07) is -0.493. The molecule has 0 aliphatic heterocycles. The van der Waals surface area contributed by atoms with Crippen LogP contribution in [0.4, 0.5) is 4.79 Å². The van der Waals surface area contributed by atoms with Crippen LogP contribution in [0.1, 0.15) is 20.3 Å². The number of rotatable bonds is 3. The summed E-state index contributed by atoms with van der Waals surface area (Å²) < 4.78 is 0.794. The van der Waals surface area contributed by atoms with Gasteiger partial charge in [0, 0.05) is 10.8 Å². The van der Waals surface area contributed by atoms with Crippen molar-refractivity contribution in [2.24, 2.45) is 5.73 Å². The van der Waals surface area contributed by atoms with Gasteiger partial charge in [-0.15, -0.1) is 11.8 Å². The van der Waals surface area contributed by atoms with Crippen LogP contribution in [0.15, 0.2) is 0 Å². The number of carbonyl (C=O) groups excluding carboxylic acids is 1. The maximum absolute atomic E-state index is 10.6. The molecule has 0 aliphatic rings. The normalized spacial score (nSPS) is 13.9. The van der Waals surface area contributed by atoms with E-state index in [0.29, 0.717) is 6.42 Å². The average Bonchev–Trinajstić information content (AvgIpc) is 2.00. The largest absolute Gasteiger partial charge is 0.352 e. The van der Waals surface area contributed by atoms with E-state index in [1.807, 2.05) is 6.92 Å². The lowest BCUT2D eigenvalue weighted by molar-refractivity contribution is 0.239. The Morgan fingerprint density at radius 3 is 2.67 bits per heavy atom. The minimum absolute atomic E-state index is 0.296. The second-order valence-electron chi connectivity index (χ2n) is 2.79. The average molecular weight is 280 g/mol. The van der Waals surface area contributed by atoms with Gasteiger partial charge in [0.05, 0.1) is 5.54 Å². The molecule has 0 saturated heterocycles. The minimum Gasteiger partial charge on any atom is -0.352 e. The lowest BCUT2D eigenvalue weighted by Crippen LogP contribution is -2.49. The second-order valence-corrected chi connectivity index (χ2v) is 3.55. The fourth-order valence-electron chi connectivity index (χ4n) is 0.706. The number of primary amides is 1. The summed E-state index contributed by atoms with van der Waals surface area (Å²) in [7, 11) is 0. The molecule has 3 N–H and O–H groups in total. The third-order valence-electron chi connectivity index (χ3n) is 1.38. The van der Waals surface area contributed by atoms with Gasteiger partial charge < -0.3 is 11.1 Å². The van der Waals surface area contributed by atoms with Crippen LogP contribution < -0.4 is 11.1 Å². The SMILES string of the molecule is CC#CCC(C)(CI)NC(N)=O. The topological polar surface area (TPSA) is 55.1 Å². The van der Waals surface area contributed by atoms with Crippen LogP contribution in [0.3, 0.4) is 0 Å². The van der Waals surface area contributed by atoms with Crippen molar-refractivity contribution < 1.29 is 4.79 Å². The van der Waals surface area contributed by atoms with Gasteiger partial charge in [-0.2, -0.15) is 0 Å². The van der Waals surface area contributed by atoms with Crippen LogP contribution >= 0.6 is 22.6 Å². The van der Waals surface area contributed by atoms with E-state index < -0.39 is 6.03 Å². The van der Waals surface area contributed by atoms with E-state index in [9.17, 15) is 4.79 Å². The summed E-state index contributed by atoms with van der Waals surface area (Å²) in [6.45, 7) is 3.70. The molecule has 0 heterocycles. The van der Waals surface area contributed by atoms with Gasteiger partial charge in [-0.3, -0.25) is 0 Å². The summed E-state index contributed by atoms with van der Waals surface area (Å²) in [5.41, 5.74) is 4.73. The zero-order chi connectivity index (χ0) is 9.61. The first-order valence-electron chi connectivity index (χ1n) is 3.57. The van der Waals surface area contributed by atoms with Crippen LogP contribution in [0.2, 0.25) is 0 Å². The Balaban J connectivity index is 4.19. The fraction of sp³-hybridized carbons (Fsp3) is 0.625. The molecular formula is C8H13IN2O. The molecule has 2 amide bonds. The van der Waals surface area contributed by atoms with E-state index in [1.165, 1.54) is 0 Å². The summed E-state index contributed by atoms with van der Waals surface area (Å²) in [6.07, 6.45) is 0.634. The zero-order valence-electron chi connectivity index (χ0n) is 7.28. The van der Waals surface area contributed by atoms with Crippen LogP contribution in [0, 0.1) is 11.8 Å². The lowest BCUT2D eigenvalue weighted by Gasteiger charge is -2.25. The molecule has 0 bridgehead atoms. The summed E-state index contributed by atoms with van der Waals surface area (Å²) >= 11 is 2.20. The molecule has 0 radical (unpaired) electrons. The lowest BCUT2D eigenvalue weighted by atomic mass is 10.0. The van der Waals surface area contributed by atoms with Gasteiger partial charge in [0.1, 0.15) is 0 Å². The summed E-state index contributed by atoms with van der Waals surface area (Å²) in [5.74, 6) is 5.71. The van der Waals surface area contributed by atoms with E-state index in [-0.39, 0.29) is 5.54 Å². The van der Waals surface area contributed by atoms with E-state index in [1.54, 1.807) is 6.92 Å². The van der Waals surface area contributed by atoms with Gasteiger partial charge in [0.2, 0.25) is 0 Å². The first-order chi connectivity index (χ1) is 5.54. The van der Waals surface area contributed by atoms with Crippen molar-refractivity contribution in [3.05, 3.63) is 0 Å². The molecule has 68 valence electrons. The first-order valence-corrected chi connectivity index (χ1v) is 5.10. The number of carbonyl (C=O) groups is 1. The van der Waals surface area contributed by atoms with Gasteiger partial charge in [-0.1, -0.05) is 22.6 Å². The van der Waals surface area contributed by atoms with Crippen molar-refractivity contribution in [3.8, 4) is 11.8 Å². The van der Waals surface area contributed by atoms with Crippen molar-refractivity contribution in [1.29, 1.82) is 0 Å². The molecule has 0 aromatic rings. The second kappa shape index (κ2) is 5.25. The van der Waals surface area contributed by atoms with Crippen LogP contribution in [-0.2, 0) is 0 Å². The van der Waals surface area contributed by atoms with Crippen molar-refractivity contribution >= 4 is 28.6 Å². The smallest absolute Gasteiger partial charge is 0.312 e. The Kier molecular flexibility index (Phi) is 5.06. The Morgan fingerprint density at radius 2 is 2.33 bits per heavy atom. The van der Waals surface area contributed by atoms with E-state index >= 15 is 0 Å². The molecule has 1 atom stereocenters. The summed E-state index contributed by atoms with van der Waals surface area (Å²) in [4.78, 5) is 10.6. The van der Waals surface area contributed by atoms with Crippen LogP contribution in [0.5, 0.6) is 0 Å². The highest BCUT2D eigenvalue weighted by Crippen LogP contribution is 2.12. The Labute approximate surface area is 86.6 Å². The fourth-order valence-corrected chi connectivity index (χ4v) is 1.17. The van der Waals surface area contributed by atoms with Crippen molar-refractivity contribution in [3.63, 3.8) is 0 Å². The molecule has 4 heteroatoms. The molecule has 0 fully saturated rings. The van der Waals surface area contributed by atoms with Crippen LogP contribution in [-0.4, -0.2) is 16.0 Å². The number of hydrogen-bond acceptors (Lipinski definition) is 1.